The number of unbranched alkanes of at least 4 members (excludes halogenated alkanes) is 3. The summed E-state index contributed by atoms with van der Waals surface area (Å²) in [5.41, 5.74) is 10.0. The van der Waals surface area contributed by atoms with Crippen LogP contribution in [0, 0.1) is 0 Å². The average molecular weight is 233 g/mol. The van der Waals surface area contributed by atoms with E-state index in [-0.39, 0.29) is 5.41 Å². The van der Waals surface area contributed by atoms with Crippen LogP contribution in [0.25, 0.3) is 0 Å². The van der Waals surface area contributed by atoms with E-state index in [1.165, 1.54) is 36.8 Å². The molecule has 1 aromatic rings. The molecule has 96 valence electrons. The van der Waals surface area contributed by atoms with Gasteiger partial charge in [0.2, 0.25) is 0 Å². The summed E-state index contributed by atoms with van der Waals surface area (Å²) >= 11 is 0. The van der Waals surface area contributed by atoms with E-state index in [1.54, 1.807) is 0 Å². The van der Waals surface area contributed by atoms with E-state index in [0.29, 0.717) is 0 Å². The van der Waals surface area contributed by atoms with Crippen molar-refractivity contribution >= 4 is 5.69 Å². The molecule has 0 unspecified atom stereocenters. The summed E-state index contributed by atoms with van der Waals surface area (Å²) in [6.45, 7) is 8.98. The second kappa shape index (κ2) is 6.09. The standard InChI is InChI=1S/C16H27N/c1-5-6-7-8-10-13-11-9-12-14(17)15(13)16(2,3)4/h9,11-12H,5-8,10,17H2,1-4H3. The second-order valence-corrected chi connectivity index (χ2v) is 5.94. The third-order valence-electron chi connectivity index (χ3n) is 3.23. The van der Waals surface area contributed by atoms with Crippen molar-refractivity contribution in [2.75, 3.05) is 5.73 Å². The normalized spacial score (nSPS) is 11.8. The Hall–Kier alpha value is -0.980. The summed E-state index contributed by atoms with van der Waals surface area (Å²) in [7, 11) is 0. The minimum absolute atomic E-state index is 0.144. The van der Waals surface area contributed by atoms with E-state index in [1.807, 2.05) is 6.07 Å². The highest BCUT2D eigenvalue weighted by atomic mass is 14.6. The first kappa shape index (κ1) is 14.1. The second-order valence-electron chi connectivity index (χ2n) is 5.94. The van der Waals surface area contributed by atoms with Gasteiger partial charge in [0.05, 0.1) is 0 Å². The summed E-state index contributed by atoms with van der Waals surface area (Å²) in [4.78, 5) is 0. The Balaban J connectivity index is 2.81. The fourth-order valence-corrected chi connectivity index (χ4v) is 2.49. The van der Waals surface area contributed by atoms with Crippen molar-refractivity contribution in [3.8, 4) is 0 Å². The summed E-state index contributed by atoms with van der Waals surface area (Å²) in [6.07, 6.45) is 6.41. The Morgan fingerprint density at radius 2 is 1.76 bits per heavy atom. The van der Waals surface area contributed by atoms with Gasteiger partial charge in [-0.1, -0.05) is 59.1 Å². The van der Waals surface area contributed by atoms with E-state index in [0.717, 1.165) is 12.1 Å². The first-order valence-electron chi connectivity index (χ1n) is 6.84. The number of hydrogen-bond acceptors (Lipinski definition) is 1. The summed E-state index contributed by atoms with van der Waals surface area (Å²) < 4.78 is 0. The van der Waals surface area contributed by atoms with E-state index >= 15 is 0 Å². The van der Waals surface area contributed by atoms with E-state index in [9.17, 15) is 0 Å². The molecule has 0 fully saturated rings. The van der Waals surface area contributed by atoms with Crippen molar-refractivity contribution < 1.29 is 0 Å². The van der Waals surface area contributed by atoms with Crippen molar-refractivity contribution in [1.29, 1.82) is 0 Å². The molecule has 17 heavy (non-hydrogen) atoms. The molecule has 0 spiro atoms. The van der Waals surface area contributed by atoms with Crippen LogP contribution in [-0.4, -0.2) is 0 Å². The first-order valence-corrected chi connectivity index (χ1v) is 6.84. The molecule has 1 heteroatoms. The van der Waals surface area contributed by atoms with Crippen molar-refractivity contribution in [2.24, 2.45) is 0 Å². The van der Waals surface area contributed by atoms with Crippen molar-refractivity contribution in [3.05, 3.63) is 29.3 Å². The van der Waals surface area contributed by atoms with E-state index in [2.05, 4.69) is 39.8 Å². The van der Waals surface area contributed by atoms with Gasteiger partial charge in [-0.15, -0.1) is 0 Å². The maximum absolute atomic E-state index is 6.14. The van der Waals surface area contributed by atoms with Crippen LogP contribution < -0.4 is 5.73 Å². The fourth-order valence-electron chi connectivity index (χ4n) is 2.49. The zero-order chi connectivity index (χ0) is 12.9. The number of rotatable bonds is 5. The molecule has 0 amide bonds. The maximum Gasteiger partial charge on any atom is 0.0354 e. The number of nitrogens with two attached hydrogens (primary N) is 1. The monoisotopic (exact) mass is 233 g/mol. The molecular formula is C16H27N. The number of anilines is 1. The van der Waals surface area contributed by atoms with Crippen LogP contribution in [0.3, 0.4) is 0 Å². The summed E-state index contributed by atoms with van der Waals surface area (Å²) in [5, 5.41) is 0. The van der Waals surface area contributed by atoms with Crippen LogP contribution >= 0.6 is 0 Å². The van der Waals surface area contributed by atoms with Gasteiger partial charge in [0, 0.05) is 5.69 Å². The highest BCUT2D eigenvalue weighted by Gasteiger charge is 2.20. The molecule has 0 aliphatic rings. The Morgan fingerprint density at radius 3 is 2.35 bits per heavy atom. The van der Waals surface area contributed by atoms with Crippen LogP contribution in [0.15, 0.2) is 18.2 Å². The Bertz CT molecular complexity index is 347. The number of benzene rings is 1. The molecule has 0 aliphatic heterocycles. The highest BCUT2D eigenvalue weighted by molar-refractivity contribution is 5.54. The van der Waals surface area contributed by atoms with Gasteiger partial charge in [0.25, 0.3) is 0 Å². The number of nitrogen functional groups attached to an aromatic ring is 1. The van der Waals surface area contributed by atoms with E-state index < -0.39 is 0 Å². The van der Waals surface area contributed by atoms with Crippen LogP contribution in [0.4, 0.5) is 5.69 Å². The van der Waals surface area contributed by atoms with Crippen LogP contribution in [0.2, 0.25) is 0 Å². The Labute approximate surface area is 106 Å². The van der Waals surface area contributed by atoms with Crippen molar-refractivity contribution in [3.63, 3.8) is 0 Å². The smallest absolute Gasteiger partial charge is 0.0354 e. The SMILES string of the molecule is CCCCCCc1cccc(N)c1C(C)(C)C. The van der Waals surface area contributed by atoms with Crippen LogP contribution in [0.1, 0.15) is 64.5 Å². The Kier molecular flexibility index (Phi) is 5.04. The van der Waals surface area contributed by atoms with Gasteiger partial charge in [-0.3, -0.25) is 0 Å². The maximum atomic E-state index is 6.14. The molecule has 0 aromatic heterocycles. The molecule has 0 saturated heterocycles. The molecule has 1 rings (SSSR count). The minimum Gasteiger partial charge on any atom is -0.398 e. The lowest BCUT2D eigenvalue weighted by Crippen LogP contribution is -2.17. The quantitative estimate of drug-likeness (QED) is 0.579. The molecule has 0 aliphatic carbocycles. The van der Waals surface area contributed by atoms with Gasteiger partial charge >= 0.3 is 0 Å². The topological polar surface area (TPSA) is 26.0 Å². The lowest BCUT2D eigenvalue weighted by molar-refractivity contribution is 0.578. The van der Waals surface area contributed by atoms with Gasteiger partial charge in [-0.05, 0) is 35.4 Å². The zero-order valence-corrected chi connectivity index (χ0v) is 11.8. The van der Waals surface area contributed by atoms with Crippen molar-refractivity contribution in [1.82, 2.24) is 0 Å². The number of aryl methyl sites for hydroxylation is 1. The van der Waals surface area contributed by atoms with Crippen molar-refractivity contribution in [2.45, 2.75) is 65.2 Å². The molecule has 0 radical (unpaired) electrons. The third-order valence-corrected chi connectivity index (χ3v) is 3.23. The average Bonchev–Trinajstić information content (AvgIpc) is 2.22. The zero-order valence-electron chi connectivity index (χ0n) is 11.8. The molecule has 0 heterocycles. The molecular weight excluding hydrogens is 206 g/mol. The molecule has 0 atom stereocenters. The van der Waals surface area contributed by atoms with Gasteiger partial charge in [-0.25, -0.2) is 0 Å². The summed E-state index contributed by atoms with van der Waals surface area (Å²) in [5.74, 6) is 0. The Morgan fingerprint density at radius 1 is 1.06 bits per heavy atom. The summed E-state index contributed by atoms with van der Waals surface area (Å²) in [6, 6.07) is 6.35. The molecule has 0 bridgehead atoms. The van der Waals surface area contributed by atoms with Crippen LogP contribution in [-0.2, 0) is 11.8 Å². The van der Waals surface area contributed by atoms with Gasteiger partial charge in [0.1, 0.15) is 0 Å². The lowest BCUT2D eigenvalue weighted by Gasteiger charge is -2.25. The fraction of sp³-hybridized carbons (Fsp3) is 0.625. The molecule has 1 aromatic carbocycles. The third kappa shape index (κ3) is 4.07. The van der Waals surface area contributed by atoms with Gasteiger partial charge < -0.3 is 5.73 Å². The largest absolute Gasteiger partial charge is 0.398 e. The first-order chi connectivity index (χ1) is 7.96. The molecule has 0 saturated carbocycles. The minimum atomic E-state index is 0.144. The molecule has 2 N–H and O–H groups in total. The van der Waals surface area contributed by atoms with Crippen LogP contribution in [0.5, 0.6) is 0 Å². The van der Waals surface area contributed by atoms with Gasteiger partial charge in [0.15, 0.2) is 0 Å². The van der Waals surface area contributed by atoms with Gasteiger partial charge in [-0.2, -0.15) is 0 Å². The lowest BCUT2D eigenvalue weighted by atomic mass is 9.81. The van der Waals surface area contributed by atoms with E-state index in [4.69, 9.17) is 5.73 Å². The highest BCUT2D eigenvalue weighted by Crippen LogP contribution is 2.31. The predicted octanol–water partition coefficient (Wildman–Crippen LogP) is 4.69. The molecule has 1 nitrogen and oxygen atoms in total. The predicted molar refractivity (Wildman–Crippen MR) is 77.4 cm³/mol. The number of hydrogen-bond donors (Lipinski definition) is 1.